The first-order chi connectivity index (χ1) is 22.3. The normalized spacial score (nSPS) is 11.1. The molecule has 0 saturated heterocycles. The largest absolute Gasteiger partial charge is 0.478 e. The zero-order valence-corrected chi connectivity index (χ0v) is 24.2. The molecule has 0 amide bonds. The summed E-state index contributed by atoms with van der Waals surface area (Å²) in [6.45, 7) is 0. The maximum absolute atomic E-state index is 12.6. The van der Waals surface area contributed by atoms with Gasteiger partial charge in [0, 0.05) is 21.5 Å². The van der Waals surface area contributed by atoms with Crippen LogP contribution in [0.5, 0.6) is 0 Å². The standard InChI is InChI=1S/C20H14O4.C20H10O2/c21-19(22)17-12-16(14-9-5-2-6-10-14)18(20(23)24)11-15(17)13-7-3-1-4-8-13;21-19-13-7-3-1-5-11(13)15-9-18-16(10-17(15)19)12-6-2-4-8-14(12)20(18)22/h1-12H,(H,21,22)(H,23,24);1-10H. The van der Waals surface area contributed by atoms with Crippen LogP contribution in [-0.2, 0) is 0 Å². The highest BCUT2D eigenvalue weighted by atomic mass is 16.4. The van der Waals surface area contributed by atoms with E-state index in [4.69, 9.17) is 0 Å². The van der Waals surface area contributed by atoms with E-state index < -0.39 is 11.9 Å². The van der Waals surface area contributed by atoms with E-state index in [0.717, 1.165) is 32.3 Å². The summed E-state index contributed by atoms with van der Waals surface area (Å²) in [7, 11) is 0. The zero-order valence-electron chi connectivity index (χ0n) is 24.2. The van der Waals surface area contributed by atoms with Gasteiger partial charge < -0.3 is 10.2 Å². The summed E-state index contributed by atoms with van der Waals surface area (Å²) in [5, 5.41) is 25.6. The van der Waals surface area contributed by atoms with Crippen molar-refractivity contribution in [1.82, 2.24) is 0 Å². The van der Waals surface area contributed by atoms with Crippen molar-refractivity contribution in [2.24, 2.45) is 0 Å². The van der Waals surface area contributed by atoms with E-state index in [1.165, 1.54) is 12.1 Å². The maximum atomic E-state index is 12.6. The molecule has 2 N–H and O–H groups in total. The third-order valence-electron chi connectivity index (χ3n) is 8.36. The van der Waals surface area contributed by atoms with Crippen LogP contribution in [0.1, 0.15) is 20.7 Å². The topological polar surface area (TPSA) is 109 Å². The molecule has 0 aliphatic heterocycles. The van der Waals surface area contributed by atoms with Gasteiger partial charge in [0.05, 0.1) is 11.1 Å². The number of hydrogen-bond acceptors (Lipinski definition) is 4. The molecule has 0 saturated carbocycles. The van der Waals surface area contributed by atoms with Gasteiger partial charge in [-0.15, -0.1) is 0 Å². The molecule has 0 bridgehead atoms. The molecule has 0 atom stereocenters. The Morgan fingerprint density at radius 1 is 0.370 bits per heavy atom. The fourth-order valence-corrected chi connectivity index (χ4v) is 6.21. The van der Waals surface area contributed by atoms with Crippen LogP contribution in [0.4, 0.5) is 0 Å². The van der Waals surface area contributed by atoms with Crippen molar-refractivity contribution < 1.29 is 19.8 Å². The summed E-state index contributed by atoms with van der Waals surface area (Å²) in [4.78, 5) is 48.6. The Bertz CT molecular complexity index is 2380. The van der Waals surface area contributed by atoms with Crippen LogP contribution in [0.2, 0.25) is 0 Å². The number of benzene rings is 6. The molecule has 6 nitrogen and oxygen atoms in total. The van der Waals surface area contributed by atoms with Gasteiger partial charge in [-0.1, -0.05) is 109 Å². The van der Waals surface area contributed by atoms with Crippen molar-refractivity contribution in [3.8, 4) is 22.3 Å². The Kier molecular flexibility index (Phi) is 6.95. The van der Waals surface area contributed by atoms with Gasteiger partial charge in [0.2, 0.25) is 0 Å². The van der Waals surface area contributed by atoms with E-state index in [1.54, 1.807) is 48.5 Å². The third kappa shape index (κ3) is 4.69. The quantitative estimate of drug-likeness (QED) is 0.210. The molecule has 0 aromatic heterocycles. The lowest BCUT2D eigenvalue weighted by molar-refractivity contribution is 0.0682. The van der Waals surface area contributed by atoms with Crippen molar-refractivity contribution in [2.45, 2.75) is 0 Å². The lowest BCUT2D eigenvalue weighted by atomic mass is 9.90. The van der Waals surface area contributed by atoms with Crippen LogP contribution in [0.25, 0.3) is 65.3 Å². The number of carboxylic acid groups (broad SMARTS) is 2. The fraction of sp³-hybridized carbons (Fsp3) is 0. The lowest BCUT2D eigenvalue weighted by Crippen LogP contribution is -2.06. The van der Waals surface area contributed by atoms with Crippen molar-refractivity contribution in [3.63, 3.8) is 0 Å². The zero-order chi connectivity index (χ0) is 31.9. The molecule has 0 aliphatic carbocycles. The Balaban J connectivity index is 0.000000147. The van der Waals surface area contributed by atoms with Crippen LogP contribution in [0, 0.1) is 0 Å². The molecule has 8 aromatic rings. The SMILES string of the molecule is O=C(O)c1cc(-c2ccccc2)c(C(=O)O)cc1-c1ccccc1.O=c1c2ccccc2c2cc3c(=O)c4ccccc4c3cc12. The highest BCUT2D eigenvalue weighted by Crippen LogP contribution is 2.33. The van der Waals surface area contributed by atoms with E-state index in [-0.39, 0.29) is 22.0 Å². The average molecular weight is 601 g/mol. The monoisotopic (exact) mass is 600 g/mol. The highest BCUT2D eigenvalue weighted by Gasteiger charge is 2.20. The minimum absolute atomic E-state index is 0.0465. The average Bonchev–Trinajstić information content (AvgIpc) is 3.54. The fourth-order valence-electron chi connectivity index (χ4n) is 6.21. The Labute approximate surface area is 261 Å². The lowest BCUT2D eigenvalue weighted by Gasteiger charge is -2.13. The van der Waals surface area contributed by atoms with Crippen LogP contribution >= 0.6 is 0 Å². The number of carboxylic acids is 2. The summed E-state index contributed by atoms with van der Waals surface area (Å²) in [5.41, 5.74) is 2.35. The summed E-state index contributed by atoms with van der Waals surface area (Å²) in [6.07, 6.45) is 0. The third-order valence-corrected chi connectivity index (χ3v) is 8.36. The Morgan fingerprint density at radius 3 is 1.04 bits per heavy atom. The molecule has 0 unspecified atom stereocenters. The van der Waals surface area contributed by atoms with Crippen LogP contribution in [0.3, 0.4) is 0 Å². The van der Waals surface area contributed by atoms with Crippen molar-refractivity contribution >= 4 is 55.0 Å². The van der Waals surface area contributed by atoms with Gasteiger partial charge in [-0.25, -0.2) is 9.59 Å². The van der Waals surface area contributed by atoms with Crippen molar-refractivity contribution in [1.29, 1.82) is 0 Å². The maximum Gasteiger partial charge on any atom is 0.336 e. The number of fused-ring (bicyclic) bond motifs is 6. The molecule has 0 radical (unpaired) electrons. The van der Waals surface area contributed by atoms with Gasteiger partial charge in [-0.05, 0) is 68.1 Å². The minimum Gasteiger partial charge on any atom is -0.478 e. The second-order valence-corrected chi connectivity index (χ2v) is 11.0. The number of aromatic carboxylic acids is 2. The Hall–Kier alpha value is -6.40. The molecule has 8 aromatic carbocycles. The van der Waals surface area contributed by atoms with E-state index in [9.17, 15) is 29.4 Å². The summed E-state index contributed by atoms with van der Waals surface area (Å²) >= 11 is 0. The van der Waals surface area contributed by atoms with E-state index in [1.807, 2.05) is 72.8 Å². The van der Waals surface area contributed by atoms with Gasteiger partial charge >= 0.3 is 11.9 Å². The second-order valence-electron chi connectivity index (χ2n) is 11.0. The minimum atomic E-state index is -1.09. The molecule has 0 aliphatic rings. The molecular formula is C40H24O6. The summed E-state index contributed by atoms with van der Waals surface area (Å²) < 4.78 is 0. The van der Waals surface area contributed by atoms with Crippen LogP contribution in [-0.4, -0.2) is 22.2 Å². The van der Waals surface area contributed by atoms with E-state index in [2.05, 4.69) is 0 Å². The molecule has 46 heavy (non-hydrogen) atoms. The predicted octanol–water partition coefficient (Wildman–Crippen LogP) is 8.31. The first-order valence-corrected chi connectivity index (χ1v) is 14.5. The molecule has 6 heteroatoms. The molecule has 8 rings (SSSR count). The highest BCUT2D eigenvalue weighted by molar-refractivity contribution is 6.21. The number of rotatable bonds is 4. The van der Waals surface area contributed by atoms with Gasteiger partial charge in [-0.2, -0.15) is 0 Å². The van der Waals surface area contributed by atoms with Gasteiger partial charge in [-0.3, -0.25) is 9.59 Å². The first-order valence-electron chi connectivity index (χ1n) is 14.5. The molecule has 0 fully saturated rings. The number of carbonyl (C=O) groups is 2. The van der Waals surface area contributed by atoms with Crippen molar-refractivity contribution in [3.05, 3.63) is 165 Å². The van der Waals surface area contributed by atoms with E-state index >= 15 is 0 Å². The summed E-state index contributed by atoms with van der Waals surface area (Å²) in [5.74, 6) is -2.19. The summed E-state index contributed by atoms with van der Waals surface area (Å²) in [6, 6.07) is 39.6. The number of hydrogen-bond donors (Lipinski definition) is 2. The van der Waals surface area contributed by atoms with Crippen molar-refractivity contribution in [2.75, 3.05) is 0 Å². The smallest absolute Gasteiger partial charge is 0.336 e. The molecule has 220 valence electrons. The van der Waals surface area contributed by atoms with Gasteiger partial charge in [0.25, 0.3) is 0 Å². The first kappa shape index (κ1) is 28.4. The van der Waals surface area contributed by atoms with Crippen LogP contribution in [0.15, 0.2) is 143 Å². The molecular weight excluding hydrogens is 576 g/mol. The van der Waals surface area contributed by atoms with Gasteiger partial charge in [0.1, 0.15) is 0 Å². The Morgan fingerprint density at radius 2 is 0.696 bits per heavy atom. The van der Waals surface area contributed by atoms with Crippen LogP contribution < -0.4 is 10.9 Å². The second kappa shape index (κ2) is 11.3. The predicted molar refractivity (Wildman–Crippen MR) is 183 cm³/mol. The molecule has 0 heterocycles. The van der Waals surface area contributed by atoms with E-state index in [0.29, 0.717) is 33.0 Å². The van der Waals surface area contributed by atoms with Gasteiger partial charge in [0.15, 0.2) is 10.9 Å². The molecule has 0 spiro atoms.